The van der Waals surface area contributed by atoms with Crippen LogP contribution in [0, 0.1) is 0 Å². The average Bonchev–Trinajstić information content (AvgIpc) is 3.05. The maximum atomic E-state index is 12.7. The number of hydrogen-bond acceptors (Lipinski definition) is 4. The fraction of sp³-hybridized carbons (Fsp3) is 0.524. The van der Waals surface area contributed by atoms with E-state index < -0.39 is 23.7 Å². The summed E-state index contributed by atoms with van der Waals surface area (Å²) >= 11 is 0. The van der Waals surface area contributed by atoms with Crippen molar-refractivity contribution < 1.29 is 19.4 Å². The number of amides is 2. The van der Waals surface area contributed by atoms with E-state index in [1.165, 1.54) is 0 Å². The zero-order valence-electron chi connectivity index (χ0n) is 16.6. The Kier molecular flexibility index (Phi) is 5.93. The summed E-state index contributed by atoms with van der Waals surface area (Å²) in [6.07, 6.45) is 3.32. The monoisotopic (exact) mass is 387 g/mol. The number of carbonyl (C=O) groups excluding carboxylic acids is 2. The summed E-state index contributed by atoms with van der Waals surface area (Å²) in [6, 6.07) is 7.06. The van der Waals surface area contributed by atoms with Crippen molar-refractivity contribution in [3.8, 4) is 0 Å². The van der Waals surface area contributed by atoms with Gasteiger partial charge >= 0.3 is 6.09 Å². The van der Waals surface area contributed by atoms with Gasteiger partial charge in [-0.25, -0.2) is 4.79 Å². The largest absolute Gasteiger partial charge is 0.444 e. The van der Waals surface area contributed by atoms with Gasteiger partial charge in [-0.1, -0.05) is 31.0 Å². The van der Waals surface area contributed by atoms with Crippen LogP contribution in [-0.4, -0.2) is 39.8 Å². The molecule has 3 rings (SSSR count). The number of hydrogen-bond donors (Lipinski definition) is 4. The van der Waals surface area contributed by atoms with Crippen LogP contribution >= 0.6 is 0 Å². The highest BCUT2D eigenvalue weighted by Gasteiger charge is 2.31. The highest BCUT2D eigenvalue weighted by molar-refractivity contribution is 5.91. The van der Waals surface area contributed by atoms with E-state index in [4.69, 9.17) is 4.74 Å². The first-order valence-corrected chi connectivity index (χ1v) is 9.78. The topological polar surface area (TPSA) is 103 Å². The lowest BCUT2D eigenvalue weighted by Gasteiger charge is -2.33. The number of aliphatic hydroxyl groups is 1. The Bertz CT molecular complexity index is 840. The van der Waals surface area contributed by atoms with Crippen molar-refractivity contribution >= 4 is 22.9 Å². The molecule has 1 aromatic heterocycles. The van der Waals surface area contributed by atoms with Crippen molar-refractivity contribution in [3.63, 3.8) is 0 Å². The Hall–Kier alpha value is -2.54. The van der Waals surface area contributed by atoms with Gasteiger partial charge in [0.1, 0.15) is 5.60 Å². The number of aromatic amines is 1. The summed E-state index contributed by atoms with van der Waals surface area (Å²) in [6.45, 7) is 5.43. The molecule has 1 aromatic carbocycles. The van der Waals surface area contributed by atoms with Crippen LogP contribution in [0.5, 0.6) is 0 Å². The van der Waals surface area contributed by atoms with Crippen LogP contribution in [0.3, 0.4) is 0 Å². The van der Waals surface area contributed by atoms with Crippen molar-refractivity contribution in [2.75, 3.05) is 0 Å². The number of alkyl carbamates (subject to hydrolysis) is 1. The van der Waals surface area contributed by atoms with E-state index in [2.05, 4.69) is 15.6 Å². The second-order valence-electron chi connectivity index (χ2n) is 8.34. The Balaban J connectivity index is 1.66. The summed E-state index contributed by atoms with van der Waals surface area (Å²) in [5.74, 6) is -0.465. The average molecular weight is 387 g/mol. The number of H-pyrrole nitrogens is 1. The molecule has 4 N–H and O–H groups in total. The van der Waals surface area contributed by atoms with Gasteiger partial charge in [0, 0.05) is 28.7 Å². The van der Waals surface area contributed by atoms with E-state index in [0.29, 0.717) is 5.56 Å². The SMILES string of the molecule is CC(C)(C)OC(=O)N[C@@H]1CCCC[C@H]1NC(=O)[C@H](O)c1c[nH]c2ccccc12. The van der Waals surface area contributed by atoms with Gasteiger partial charge in [-0.2, -0.15) is 0 Å². The van der Waals surface area contributed by atoms with Gasteiger partial charge in [0.2, 0.25) is 0 Å². The molecule has 152 valence electrons. The molecule has 0 spiro atoms. The quantitative estimate of drug-likeness (QED) is 0.647. The van der Waals surface area contributed by atoms with Gasteiger partial charge in [0.05, 0.1) is 6.04 Å². The van der Waals surface area contributed by atoms with E-state index in [1.54, 1.807) is 6.20 Å². The molecule has 1 aliphatic rings. The van der Waals surface area contributed by atoms with Gasteiger partial charge in [0.25, 0.3) is 5.91 Å². The van der Waals surface area contributed by atoms with Crippen molar-refractivity contribution in [3.05, 3.63) is 36.0 Å². The number of ether oxygens (including phenoxy) is 1. The van der Waals surface area contributed by atoms with Crippen LogP contribution in [0.25, 0.3) is 10.9 Å². The van der Waals surface area contributed by atoms with E-state index in [-0.39, 0.29) is 12.1 Å². The highest BCUT2D eigenvalue weighted by Crippen LogP contribution is 2.25. The van der Waals surface area contributed by atoms with Crippen molar-refractivity contribution in [2.45, 2.75) is 70.2 Å². The third kappa shape index (κ3) is 4.84. The molecule has 1 fully saturated rings. The first-order chi connectivity index (χ1) is 13.2. The fourth-order valence-corrected chi connectivity index (χ4v) is 3.66. The van der Waals surface area contributed by atoms with E-state index in [0.717, 1.165) is 36.6 Å². The molecule has 28 heavy (non-hydrogen) atoms. The van der Waals surface area contributed by atoms with Crippen LogP contribution < -0.4 is 10.6 Å². The molecule has 0 unspecified atom stereocenters. The van der Waals surface area contributed by atoms with E-state index >= 15 is 0 Å². The number of aromatic nitrogens is 1. The number of carbonyl (C=O) groups is 2. The molecular weight excluding hydrogens is 358 g/mol. The minimum absolute atomic E-state index is 0.220. The Morgan fingerprint density at radius 3 is 2.46 bits per heavy atom. The van der Waals surface area contributed by atoms with Crippen LogP contribution in [0.1, 0.15) is 58.1 Å². The number of para-hydroxylation sites is 1. The molecule has 7 nitrogen and oxygen atoms in total. The number of fused-ring (bicyclic) bond motifs is 1. The van der Waals surface area contributed by atoms with Gasteiger partial charge in [-0.15, -0.1) is 0 Å². The summed E-state index contributed by atoms with van der Waals surface area (Å²) in [7, 11) is 0. The molecule has 0 aliphatic heterocycles. The van der Waals surface area contributed by atoms with E-state index in [1.807, 2.05) is 45.0 Å². The first kappa shape index (κ1) is 20.2. The molecule has 0 saturated heterocycles. The number of rotatable bonds is 4. The van der Waals surface area contributed by atoms with Crippen LogP contribution in [-0.2, 0) is 9.53 Å². The smallest absolute Gasteiger partial charge is 0.407 e. The van der Waals surface area contributed by atoms with Crippen molar-refractivity contribution in [2.24, 2.45) is 0 Å². The molecule has 2 amide bonds. The second kappa shape index (κ2) is 8.22. The molecule has 1 aliphatic carbocycles. The van der Waals surface area contributed by atoms with E-state index in [9.17, 15) is 14.7 Å². The molecule has 0 radical (unpaired) electrons. The van der Waals surface area contributed by atoms with Crippen LogP contribution in [0.15, 0.2) is 30.5 Å². The predicted octanol–water partition coefficient (Wildman–Crippen LogP) is 3.15. The highest BCUT2D eigenvalue weighted by atomic mass is 16.6. The lowest BCUT2D eigenvalue weighted by Crippen LogP contribution is -2.54. The third-order valence-electron chi connectivity index (χ3n) is 4.96. The van der Waals surface area contributed by atoms with Gasteiger partial charge < -0.3 is 25.5 Å². The molecule has 1 saturated carbocycles. The zero-order valence-corrected chi connectivity index (χ0v) is 16.6. The summed E-state index contributed by atoms with van der Waals surface area (Å²) in [5.41, 5.74) is 0.829. The van der Waals surface area contributed by atoms with Crippen molar-refractivity contribution in [1.82, 2.24) is 15.6 Å². The Morgan fingerprint density at radius 1 is 1.14 bits per heavy atom. The minimum atomic E-state index is -1.28. The standard InChI is InChI=1S/C21H29N3O4/c1-21(2,3)28-20(27)24-17-11-7-6-10-16(17)23-19(26)18(25)14-12-22-15-9-5-4-8-13(14)15/h4-5,8-9,12,16-18,22,25H,6-7,10-11H2,1-3H3,(H,23,26)(H,24,27)/t16-,17-,18-/m1/s1. The zero-order chi connectivity index (χ0) is 20.3. The summed E-state index contributed by atoms with van der Waals surface area (Å²) in [4.78, 5) is 27.9. The van der Waals surface area contributed by atoms with Gasteiger partial charge in [-0.3, -0.25) is 4.79 Å². The van der Waals surface area contributed by atoms with Crippen molar-refractivity contribution in [1.29, 1.82) is 0 Å². The Labute approximate surface area is 164 Å². The van der Waals surface area contributed by atoms with Crippen LogP contribution in [0.2, 0.25) is 0 Å². The molecule has 1 heterocycles. The number of aliphatic hydroxyl groups excluding tert-OH is 1. The van der Waals surface area contributed by atoms with Crippen LogP contribution in [0.4, 0.5) is 4.79 Å². The maximum absolute atomic E-state index is 12.7. The molecular formula is C21H29N3O4. The lowest BCUT2D eigenvalue weighted by atomic mass is 9.90. The predicted molar refractivity (Wildman–Crippen MR) is 107 cm³/mol. The lowest BCUT2D eigenvalue weighted by molar-refractivity contribution is -0.130. The normalized spacial score (nSPS) is 21.1. The summed E-state index contributed by atoms with van der Waals surface area (Å²) < 4.78 is 5.33. The van der Waals surface area contributed by atoms with Gasteiger partial charge in [-0.05, 0) is 39.7 Å². The molecule has 0 bridgehead atoms. The maximum Gasteiger partial charge on any atom is 0.407 e. The molecule has 3 atom stereocenters. The number of benzene rings is 1. The second-order valence-corrected chi connectivity index (χ2v) is 8.34. The first-order valence-electron chi connectivity index (χ1n) is 9.78. The summed E-state index contributed by atoms with van der Waals surface area (Å²) in [5, 5.41) is 17.2. The molecule has 7 heteroatoms. The third-order valence-corrected chi connectivity index (χ3v) is 4.96. The molecule has 2 aromatic rings. The number of nitrogens with one attached hydrogen (secondary N) is 3. The Morgan fingerprint density at radius 2 is 1.79 bits per heavy atom. The fourth-order valence-electron chi connectivity index (χ4n) is 3.66. The minimum Gasteiger partial charge on any atom is -0.444 e. The van der Waals surface area contributed by atoms with Gasteiger partial charge in [0.15, 0.2) is 6.10 Å².